The number of rotatable bonds is 4. The van der Waals surface area contributed by atoms with Crippen LogP contribution in [0.5, 0.6) is 0 Å². The molecule has 7 nitrogen and oxygen atoms in total. The molecule has 8 heteroatoms. The van der Waals surface area contributed by atoms with E-state index in [-0.39, 0.29) is 11.8 Å². The van der Waals surface area contributed by atoms with Crippen LogP contribution in [0.1, 0.15) is 17.3 Å². The molecule has 0 unspecified atom stereocenters. The lowest BCUT2D eigenvalue weighted by atomic mass is 10.1. The van der Waals surface area contributed by atoms with Crippen molar-refractivity contribution in [2.45, 2.75) is 6.92 Å². The highest BCUT2D eigenvalue weighted by atomic mass is 32.1. The lowest BCUT2D eigenvalue weighted by molar-refractivity contribution is 0.101. The van der Waals surface area contributed by atoms with Crippen LogP contribution in [0.3, 0.4) is 0 Å². The highest BCUT2D eigenvalue weighted by molar-refractivity contribution is 7.08. The fourth-order valence-corrected chi connectivity index (χ4v) is 3.19. The van der Waals surface area contributed by atoms with Crippen molar-refractivity contribution >= 4 is 40.2 Å². The van der Waals surface area contributed by atoms with Crippen LogP contribution in [-0.4, -0.2) is 26.4 Å². The van der Waals surface area contributed by atoms with Crippen molar-refractivity contribution in [1.82, 2.24) is 14.6 Å². The largest absolute Gasteiger partial charge is 0.323 e. The molecule has 2 amide bonds. The quantitative estimate of drug-likeness (QED) is 0.519. The van der Waals surface area contributed by atoms with E-state index in [1.807, 2.05) is 16.8 Å². The monoisotopic (exact) mass is 377 g/mol. The third-order valence-corrected chi connectivity index (χ3v) is 4.60. The normalized spacial score (nSPS) is 10.7. The number of carbonyl (C=O) groups is 2. The van der Waals surface area contributed by atoms with Gasteiger partial charge in [0, 0.05) is 22.2 Å². The molecule has 0 aliphatic heterocycles. The Balaban J connectivity index is 1.47. The number of hydrogen-bond acceptors (Lipinski definition) is 5. The number of Topliss-reactive ketones (excluding diaryl/α,β-unsaturated/α-hetero) is 1. The van der Waals surface area contributed by atoms with E-state index in [1.54, 1.807) is 58.4 Å². The SMILES string of the molecule is CC(=O)c1ccc(NC(=O)Nc2ccc3nc(-c4ccsc4)nn3c2)cc1. The van der Waals surface area contributed by atoms with Crippen LogP contribution in [0.25, 0.3) is 17.0 Å². The molecular formula is C19H15N5O2S. The summed E-state index contributed by atoms with van der Waals surface area (Å²) in [6.45, 7) is 1.50. The molecule has 4 aromatic rings. The summed E-state index contributed by atoms with van der Waals surface area (Å²) >= 11 is 1.59. The lowest BCUT2D eigenvalue weighted by Gasteiger charge is -2.08. The smallest absolute Gasteiger partial charge is 0.308 e. The van der Waals surface area contributed by atoms with Gasteiger partial charge in [0.25, 0.3) is 0 Å². The number of thiophene rings is 1. The molecule has 0 atom stereocenters. The molecule has 0 saturated carbocycles. The first-order chi connectivity index (χ1) is 13.1. The number of benzene rings is 1. The van der Waals surface area contributed by atoms with Crippen LogP contribution in [0, 0.1) is 0 Å². The van der Waals surface area contributed by atoms with Gasteiger partial charge in [0.15, 0.2) is 17.3 Å². The summed E-state index contributed by atoms with van der Waals surface area (Å²) in [5, 5.41) is 13.9. The van der Waals surface area contributed by atoms with Gasteiger partial charge < -0.3 is 10.6 Å². The van der Waals surface area contributed by atoms with Gasteiger partial charge >= 0.3 is 6.03 Å². The van der Waals surface area contributed by atoms with Gasteiger partial charge in [-0.1, -0.05) is 0 Å². The van der Waals surface area contributed by atoms with E-state index in [4.69, 9.17) is 0 Å². The Morgan fingerprint density at radius 1 is 1.00 bits per heavy atom. The number of anilines is 2. The van der Waals surface area contributed by atoms with Crippen molar-refractivity contribution in [2.75, 3.05) is 10.6 Å². The van der Waals surface area contributed by atoms with Crippen molar-refractivity contribution < 1.29 is 9.59 Å². The van der Waals surface area contributed by atoms with Gasteiger partial charge in [-0.05, 0) is 54.8 Å². The second-order valence-corrected chi connectivity index (χ2v) is 6.66. The van der Waals surface area contributed by atoms with Crippen molar-refractivity contribution in [3.8, 4) is 11.4 Å². The Labute approximate surface area is 158 Å². The maximum absolute atomic E-state index is 12.2. The molecular weight excluding hydrogens is 362 g/mol. The molecule has 4 rings (SSSR count). The van der Waals surface area contributed by atoms with E-state index >= 15 is 0 Å². The van der Waals surface area contributed by atoms with Crippen molar-refractivity contribution in [1.29, 1.82) is 0 Å². The lowest BCUT2D eigenvalue weighted by Crippen LogP contribution is -2.19. The first-order valence-electron chi connectivity index (χ1n) is 8.16. The Morgan fingerprint density at radius 3 is 2.44 bits per heavy atom. The highest BCUT2D eigenvalue weighted by Gasteiger charge is 2.09. The molecule has 0 bridgehead atoms. The zero-order valence-electron chi connectivity index (χ0n) is 14.3. The Morgan fingerprint density at radius 2 is 1.74 bits per heavy atom. The second kappa shape index (κ2) is 7.00. The summed E-state index contributed by atoms with van der Waals surface area (Å²) in [5.41, 5.74) is 3.44. The van der Waals surface area contributed by atoms with Gasteiger partial charge in [-0.15, -0.1) is 5.10 Å². The number of ketones is 1. The van der Waals surface area contributed by atoms with Crippen LogP contribution < -0.4 is 10.6 Å². The van der Waals surface area contributed by atoms with E-state index in [0.29, 0.717) is 28.4 Å². The van der Waals surface area contributed by atoms with Gasteiger partial charge in [-0.25, -0.2) is 14.3 Å². The molecule has 0 radical (unpaired) electrons. The molecule has 2 N–H and O–H groups in total. The number of aromatic nitrogens is 3. The molecule has 0 fully saturated rings. The van der Waals surface area contributed by atoms with Gasteiger partial charge in [-0.3, -0.25) is 4.79 Å². The van der Waals surface area contributed by atoms with Crippen LogP contribution in [0.15, 0.2) is 59.4 Å². The summed E-state index contributed by atoms with van der Waals surface area (Å²) < 4.78 is 1.63. The van der Waals surface area contributed by atoms with E-state index in [2.05, 4.69) is 20.7 Å². The highest BCUT2D eigenvalue weighted by Crippen LogP contribution is 2.20. The van der Waals surface area contributed by atoms with Crippen molar-refractivity contribution in [2.24, 2.45) is 0 Å². The number of carbonyl (C=O) groups excluding carboxylic acids is 2. The van der Waals surface area contributed by atoms with Crippen molar-refractivity contribution in [3.63, 3.8) is 0 Å². The van der Waals surface area contributed by atoms with E-state index < -0.39 is 0 Å². The third kappa shape index (κ3) is 3.70. The molecule has 3 aromatic heterocycles. The Hall–Kier alpha value is -3.52. The third-order valence-electron chi connectivity index (χ3n) is 3.92. The van der Waals surface area contributed by atoms with Crippen LogP contribution >= 0.6 is 11.3 Å². The van der Waals surface area contributed by atoms with E-state index in [0.717, 1.165) is 5.56 Å². The van der Waals surface area contributed by atoms with Gasteiger partial charge in [-0.2, -0.15) is 11.3 Å². The number of fused-ring (bicyclic) bond motifs is 1. The number of amides is 2. The molecule has 0 saturated heterocycles. The Kier molecular flexibility index (Phi) is 4.39. The average Bonchev–Trinajstić information content (AvgIpc) is 3.31. The van der Waals surface area contributed by atoms with Gasteiger partial charge in [0.2, 0.25) is 0 Å². The van der Waals surface area contributed by atoms with E-state index in [9.17, 15) is 9.59 Å². The average molecular weight is 377 g/mol. The number of hydrogen-bond donors (Lipinski definition) is 2. The van der Waals surface area contributed by atoms with Gasteiger partial charge in [0.05, 0.1) is 11.9 Å². The standard InChI is InChI=1S/C19H15N5O2S/c1-12(25)13-2-4-15(5-3-13)20-19(26)21-16-6-7-17-22-18(23-24(17)10-16)14-8-9-27-11-14/h2-11H,1H3,(H2,20,21,26). The topological polar surface area (TPSA) is 88.4 Å². The zero-order valence-corrected chi connectivity index (χ0v) is 15.2. The van der Waals surface area contributed by atoms with Crippen molar-refractivity contribution in [3.05, 3.63) is 65.0 Å². The number of nitrogens with zero attached hydrogens (tertiary/aromatic N) is 3. The van der Waals surface area contributed by atoms with Crippen LogP contribution in [-0.2, 0) is 0 Å². The summed E-state index contributed by atoms with van der Waals surface area (Å²) in [6.07, 6.45) is 1.70. The maximum atomic E-state index is 12.2. The van der Waals surface area contributed by atoms with Crippen LogP contribution in [0.2, 0.25) is 0 Å². The number of pyridine rings is 1. The predicted molar refractivity (Wildman–Crippen MR) is 105 cm³/mol. The minimum Gasteiger partial charge on any atom is -0.308 e. The summed E-state index contributed by atoms with van der Waals surface area (Å²) in [5.74, 6) is 0.623. The Bertz CT molecular complexity index is 1120. The molecule has 27 heavy (non-hydrogen) atoms. The number of nitrogens with one attached hydrogen (secondary N) is 2. The van der Waals surface area contributed by atoms with Gasteiger partial charge in [0.1, 0.15) is 0 Å². The van der Waals surface area contributed by atoms with Crippen LogP contribution in [0.4, 0.5) is 16.2 Å². The molecule has 3 heterocycles. The molecule has 0 aliphatic carbocycles. The summed E-state index contributed by atoms with van der Waals surface area (Å²) in [6, 6.07) is 11.8. The minimum absolute atomic E-state index is 0.0195. The molecule has 0 aliphatic rings. The van der Waals surface area contributed by atoms with E-state index in [1.165, 1.54) is 6.92 Å². The first kappa shape index (κ1) is 16.9. The number of urea groups is 1. The first-order valence-corrected chi connectivity index (χ1v) is 9.11. The maximum Gasteiger partial charge on any atom is 0.323 e. The minimum atomic E-state index is -0.386. The predicted octanol–water partition coefficient (Wildman–Crippen LogP) is 4.30. The fraction of sp³-hybridized carbons (Fsp3) is 0.0526. The fourth-order valence-electron chi connectivity index (χ4n) is 2.55. The summed E-state index contributed by atoms with van der Waals surface area (Å²) in [7, 11) is 0. The molecule has 1 aromatic carbocycles. The molecule has 0 spiro atoms. The summed E-state index contributed by atoms with van der Waals surface area (Å²) in [4.78, 5) is 28.0. The zero-order chi connectivity index (χ0) is 18.8. The second-order valence-electron chi connectivity index (χ2n) is 5.88. The molecule has 134 valence electrons.